The Morgan fingerprint density at radius 2 is 2.27 bits per heavy atom. The largest absolute Gasteiger partial charge is 0.453 e. The number of benzene rings is 1. The van der Waals surface area contributed by atoms with E-state index in [0.29, 0.717) is 13.0 Å². The summed E-state index contributed by atoms with van der Waals surface area (Å²) in [5.41, 5.74) is 0.866. The van der Waals surface area contributed by atoms with Crippen LogP contribution in [0.2, 0.25) is 0 Å². The Morgan fingerprint density at radius 1 is 1.53 bits per heavy atom. The lowest BCUT2D eigenvalue weighted by molar-refractivity contribution is 0.134. The van der Waals surface area contributed by atoms with Crippen molar-refractivity contribution in [3.8, 4) is 0 Å². The quantitative estimate of drug-likeness (QED) is 0.766. The minimum Gasteiger partial charge on any atom is -0.453 e. The van der Waals surface area contributed by atoms with Crippen molar-refractivity contribution in [1.82, 2.24) is 4.90 Å². The van der Waals surface area contributed by atoms with Gasteiger partial charge in [0.1, 0.15) is 5.82 Å². The molecule has 0 unspecified atom stereocenters. The number of nitrogens with zero attached hydrogens (tertiary/aromatic N) is 1. The molecule has 1 aromatic carbocycles. The monoisotopic (exact) mass is 211 g/mol. The maximum Gasteiger partial charge on any atom is 0.409 e. The Kier molecular flexibility index (Phi) is 4.09. The summed E-state index contributed by atoms with van der Waals surface area (Å²) in [6, 6.07) is 6.34. The van der Waals surface area contributed by atoms with Gasteiger partial charge in [0, 0.05) is 13.6 Å². The summed E-state index contributed by atoms with van der Waals surface area (Å²) < 4.78 is 17.3. The van der Waals surface area contributed by atoms with E-state index < -0.39 is 0 Å². The molecule has 0 bridgehead atoms. The fourth-order valence-electron chi connectivity index (χ4n) is 1.24. The van der Waals surface area contributed by atoms with Crippen LogP contribution in [0.1, 0.15) is 5.56 Å². The molecule has 0 aliphatic heterocycles. The van der Waals surface area contributed by atoms with E-state index in [2.05, 4.69) is 4.74 Å². The number of likely N-dealkylation sites (N-methyl/N-ethyl adjacent to an activating group) is 1. The third kappa shape index (κ3) is 3.58. The van der Waals surface area contributed by atoms with E-state index in [-0.39, 0.29) is 11.9 Å². The Morgan fingerprint density at radius 3 is 2.87 bits per heavy atom. The third-order valence-corrected chi connectivity index (χ3v) is 2.11. The molecule has 4 heteroatoms. The molecular formula is C11H14FNO2. The van der Waals surface area contributed by atoms with E-state index in [1.807, 2.05) is 6.07 Å². The van der Waals surface area contributed by atoms with Gasteiger partial charge < -0.3 is 9.64 Å². The van der Waals surface area contributed by atoms with E-state index in [1.54, 1.807) is 13.1 Å². The molecule has 1 aromatic rings. The summed E-state index contributed by atoms with van der Waals surface area (Å²) >= 11 is 0. The first-order valence-corrected chi connectivity index (χ1v) is 4.67. The van der Waals surface area contributed by atoms with Crippen LogP contribution >= 0.6 is 0 Å². The Bertz CT molecular complexity index is 341. The van der Waals surface area contributed by atoms with E-state index in [9.17, 15) is 9.18 Å². The average Bonchev–Trinajstić information content (AvgIpc) is 2.25. The van der Waals surface area contributed by atoms with Crippen LogP contribution in [0.4, 0.5) is 9.18 Å². The number of carbonyl (C=O) groups is 1. The molecule has 0 aliphatic rings. The molecule has 0 fully saturated rings. The van der Waals surface area contributed by atoms with Crippen LogP contribution in [0.15, 0.2) is 24.3 Å². The van der Waals surface area contributed by atoms with Crippen LogP contribution in [0.5, 0.6) is 0 Å². The number of rotatable bonds is 3. The lowest BCUT2D eigenvalue weighted by atomic mass is 10.1. The van der Waals surface area contributed by atoms with Crippen molar-refractivity contribution in [1.29, 1.82) is 0 Å². The van der Waals surface area contributed by atoms with Crippen LogP contribution in [0.3, 0.4) is 0 Å². The maximum absolute atomic E-state index is 12.8. The minimum atomic E-state index is -0.383. The van der Waals surface area contributed by atoms with Crippen molar-refractivity contribution in [2.45, 2.75) is 6.42 Å². The predicted octanol–water partition coefficient (Wildman–Crippen LogP) is 2.07. The summed E-state index contributed by atoms with van der Waals surface area (Å²) in [5.74, 6) is -0.256. The van der Waals surface area contributed by atoms with Crippen LogP contribution in [-0.2, 0) is 11.2 Å². The van der Waals surface area contributed by atoms with Gasteiger partial charge in [0.15, 0.2) is 0 Å². The fourth-order valence-corrected chi connectivity index (χ4v) is 1.24. The van der Waals surface area contributed by atoms with E-state index in [1.165, 1.54) is 24.1 Å². The molecule has 1 rings (SSSR count). The molecule has 82 valence electrons. The van der Waals surface area contributed by atoms with Gasteiger partial charge in [0.05, 0.1) is 7.11 Å². The van der Waals surface area contributed by atoms with Crippen molar-refractivity contribution in [3.05, 3.63) is 35.6 Å². The van der Waals surface area contributed by atoms with Crippen molar-refractivity contribution in [2.24, 2.45) is 0 Å². The van der Waals surface area contributed by atoms with Gasteiger partial charge in [-0.05, 0) is 24.1 Å². The Labute approximate surface area is 88.5 Å². The lowest BCUT2D eigenvalue weighted by Crippen LogP contribution is -2.28. The van der Waals surface area contributed by atoms with Crippen molar-refractivity contribution in [3.63, 3.8) is 0 Å². The first-order chi connectivity index (χ1) is 7.13. The highest BCUT2D eigenvalue weighted by atomic mass is 19.1. The zero-order valence-corrected chi connectivity index (χ0v) is 8.87. The standard InChI is InChI=1S/C11H14FNO2/c1-13(11(14)15-2)7-6-9-4-3-5-10(12)8-9/h3-5,8H,6-7H2,1-2H3. The SMILES string of the molecule is COC(=O)N(C)CCc1cccc(F)c1. The van der Waals surface area contributed by atoms with E-state index in [0.717, 1.165) is 5.56 Å². The summed E-state index contributed by atoms with van der Waals surface area (Å²) in [6.45, 7) is 0.510. The Hall–Kier alpha value is -1.58. The van der Waals surface area contributed by atoms with Crippen molar-refractivity contribution < 1.29 is 13.9 Å². The normalized spacial score (nSPS) is 9.80. The fraction of sp³-hybridized carbons (Fsp3) is 0.364. The van der Waals surface area contributed by atoms with Gasteiger partial charge in [-0.15, -0.1) is 0 Å². The highest BCUT2D eigenvalue weighted by Crippen LogP contribution is 2.05. The molecule has 0 aliphatic carbocycles. The smallest absolute Gasteiger partial charge is 0.409 e. The summed E-state index contributed by atoms with van der Waals surface area (Å²) in [6.07, 6.45) is 0.231. The number of methoxy groups -OCH3 is 1. The summed E-state index contributed by atoms with van der Waals surface area (Å²) in [5, 5.41) is 0. The second-order valence-electron chi connectivity index (χ2n) is 3.27. The second kappa shape index (κ2) is 5.34. The van der Waals surface area contributed by atoms with Crippen molar-refractivity contribution >= 4 is 6.09 Å². The molecule has 0 radical (unpaired) electrons. The van der Waals surface area contributed by atoms with E-state index >= 15 is 0 Å². The molecule has 0 saturated heterocycles. The number of carbonyl (C=O) groups excluding carboxylic acids is 1. The minimum absolute atomic E-state index is 0.256. The molecule has 0 saturated carbocycles. The molecule has 15 heavy (non-hydrogen) atoms. The first-order valence-electron chi connectivity index (χ1n) is 4.67. The first kappa shape index (κ1) is 11.5. The van der Waals surface area contributed by atoms with Gasteiger partial charge in [-0.3, -0.25) is 0 Å². The van der Waals surface area contributed by atoms with Gasteiger partial charge in [0.25, 0.3) is 0 Å². The van der Waals surface area contributed by atoms with Crippen LogP contribution in [-0.4, -0.2) is 31.7 Å². The van der Waals surface area contributed by atoms with Gasteiger partial charge in [-0.2, -0.15) is 0 Å². The van der Waals surface area contributed by atoms with E-state index in [4.69, 9.17) is 0 Å². The number of hydrogen-bond acceptors (Lipinski definition) is 2. The molecule has 3 nitrogen and oxygen atoms in total. The van der Waals surface area contributed by atoms with Gasteiger partial charge in [-0.1, -0.05) is 12.1 Å². The molecule has 0 N–H and O–H groups in total. The topological polar surface area (TPSA) is 29.5 Å². The van der Waals surface area contributed by atoms with Gasteiger partial charge >= 0.3 is 6.09 Å². The van der Waals surface area contributed by atoms with Gasteiger partial charge in [-0.25, -0.2) is 9.18 Å². The average molecular weight is 211 g/mol. The van der Waals surface area contributed by atoms with Gasteiger partial charge in [0.2, 0.25) is 0 Å². The second-order valence-corrected chi connectivity index (χ2v) is 3.27. The highest BCUT2D eigenvalue weighted by Gasteiger charge is 2.07. The zero-order valence-electron chi connectivity index (χ0n) is 8.87. The van der Waals surface area contributed by atoms with Crippen LogP contribution < -0.4 is 0 Å². The molecule has 0 aromatic heterocycles. The number of hydrogen-bond donors (Lipinski definition) is 0. The Balaban J connectivity index is 2.47. The number of halogens is 1. The van der Waals surface area contributed by atoms with Crippen LogP contribution in [0.25, 0.3) is 0 Å². The highest BCUT2D eigenvalue weighted by molar-refractivity contribution is 5.66. The summed E-state index contributed by atoms with van der Waals surface area (Å²) in [7, 11) is 2.98. The molecule has 0 spiro atoms. The zero-order chi connectivity index (χ0) is 11.3. The van der Waals surface area contributed by atoms with Crippen LogP contribution in [0, 0.1) is 5.82 Å². The molecular weight excluding hydrogens is 197 g/mol. The maximum atomic E-state index is 12.8. The molecule has 1 amide bonds. The predicted molar refractivity (Wildman–Crippen MR) is 55.1 cm³/mol. The molecule has 0 heterocycles. The summed E-state index contributed by atoms with van der Waals surface area (Å²) in [4.78, 5) is 12.5. The number of ether oxygens (including phenoxy) is 1. The van der Waals surface area contributed by atoms with Crippen molar-refractivity contribution in [2.75, 3.05) is 20.7 Å². The lowest BCUT2D eigenvalue weighted by Gasteiger charge is -2.14. The third-order valence-electron chi connectivity index (χ3n) is 2.11. The number of amides is 1. The molecule has 0 atom stereocenters.